The summed E-state index contributed by atoms with van der Waals surface area (Å²) in [5.41, 5.74) is 2.33. The summed E-state index contributed by atoms with van der Waals surface area (Å²) in [6.45, 7) is 4.28. The zero-order valence-corrected chi connectivity index (χ0v) is 13.9. The highest BCUT2D eigenvalue weighted by Gasteiger charge is 2.32. The normalized spacial score (nSPS) is 17.0. The first-order chi connectivity index (χ1) is 11.0. The number of aryl methyl sites for hydroxylation is 2. The molecule has 5 nitrogen and oxygen atoms in total. The van der Waals surface area contributed by atoms with Gasteiger partial charge in [0.25, 0.3) is 0 Å². The van der Waals surface area contributed by atoms with Crippen LogP contribution in [0.5, 0.6) is 0 Å². The smallest absolute Gasteiger partial charge is 0.311 e. The molecule has 120 valence electrons. The van der Waals surface area contributed by atoms with Crippen LogP contribution in [0.3, 0.4) is 0 Å². The van der Waals surface area contributed by atoms with E-state index in [-0.39, 0.29) is 5.91 Å². The molecule has 0 saturated heterocycles. The topological polar surface area (TPSA) is 70.5 Å². The summed E-state index contributed by atoms with van der Waals surface area (Å²) in [5, 5.41) is 10.3. The number of carboxylic acid groups (broad SMARTS) is 1. The van der Waals surface area contributed by atoms with E-state index >= 15 is 0 Å². The van der Waals surface area contributed by atoms with E-state index in [0.29, 0.717) is 19.4 Å². The third-order valence-electron chi connectivity index (χ3n) is 4.15. The maximum Gasteiger partial charge on any atom is 0.311 e. The number of carboxylic acids is 1. The van der Waals surface area contributed by atoms with Crippen molar-refractivity contribution in [1.29, 1.82) is 0 Å². The summed E-state index contributed by atoms with van der Waals surface area (Å²) in [5.74, 6) is -1.38. The molecule has 1 aromatic heterocycles. The maximum absolute atomic E-state index is 12.7. The Kier molecular flexibility index (Phi) is 4.17. The van der Waals surface area contributed by atoms with Gasteiger partial charge in [0.05, 0.1) is 23.0 Å². The van der Waals surface area contributed by atoms with Crippen LogP contribution in [0.1, 0.15) is 33.5 Å². The zero-order chi connectivity index (χ0) is 16.6. The Bertz CT molecular complexity index is 769. The van der Waals surface area contributed by atoms with E-state index in [2.05, 4.69) is 4.98 Å². The minimum Gasteiger partial charge on any atom is -0.481 e. The van der Waals surface area contributed by atoms with Gasteiger partial charge in [-0.1, -0.05) is 18.2 Å². The second-order valence-electron chi connectivity index (χ2n) is 5.70. The molecular weight excluding hydrogens is 312 g/mol. The molecule has 0 saturated carbocycles. The van der Waals surface area contributed by atoms with Gasteiger partial charge in [-0.25, -0.2) is 4.98 Å². The van der Waals surface area contributed by atoms with E-state index in [1.165, 1.54) is 0 Å². The minimum absolute atomic E-state index is 0.00645. The van der Waals surface area contributed by atoms with Gasteiger partial charge in [0.2, 0.25) is 5.91 Å². The molecule has 6 heteroatoms. The summed E-state index contributed by atoms with van der Waals surface area (Å²) >= 11 is 1.54. The molecule has 1 atom stereocenters. The number of amides is 1. The van der Waals surface area contributed by atoms with Crippen LogP contribution in [-0.4, -0.2) is 28.5 Å². The quantitative estimate of drug-likeness (QED) is 0.939. The second kappa shape index (κ2) is 6.12. The molecule has 1 aliphatic heterocycles. The van der Waals surface area contributed by atoms with Crippen molar-refractivity contribution in [3.05, 3.63) is 45.4 Å². The molecule has 0 aliphatic carbocycles. The number of hydrogen-bond donors (Lipinski definition) is 1. The molecule has 0 spiro atoms. The Hall–Kier alpha value is -2.21. The molecule has 1 aromatic carbocycles. The number of para-hydroxylation sites is 1. The molecule has 1 aliphatic rings. The minimum atomic E-state index is -0.835. The number of nitrogens with zero attached hydrogens (tertiary/aromatic N) is 2. The summed E-state index contributed by atoms with van der Waals surface area (Å²) in [7, 11) is 0. The van der Waals surface area contributed by atoms with E-state index in [0.717, 1.165) is 26.8 Å². The van der Waals surface area contributed by atoms with E-state index < -0.39 is 11.9 Å². The lowest BCUT2D eigenvalue weighted by Gasteiger charge is -2.32. The molecule has 0 fully saturated rings. The molecule has 1 unspecified atom stereocenters. The van der Waals surface area contributed by atoms with E-state index in [1.54, 1.807) is 22.3 Å². The molecule has 0 radical (unpaired) electrons. The highest BCUT2D eigenvalue weighted by Crippen LogP contribution is 2.35. The molecule has 3 rings (SSSR count). The van der Waals surface area contributed by atoms with E-state index in [1.807, 2.05) is 32.0 Å². The average Bonchev–Trinajstić information content (AvgIpc) is 2.83. The molecule has 0 bridgehead atoms. The van der Waals surface area contributed by atoms with Crippen molar-refractivity contribution in [2.45, 2.75) is 32.6 Å². The van der Waals surface area contributed by atoms with Gasteiger partial charge in [0.1, 0.15) is 0 Å². The lowest BCUT2D eigenvalue weighted by molar-refractivity contribution is -0.139. The highest BCUT2D eigenvalue weighted by molar-refractivity contribution is 7.11. The Labute approximate surface area is 138 Å². The Morgan fingerprint density at radius 1 is 1.35 bits per heavy atom. The Morgan fingerprint density at radius 3 is 2.74 bits per heavy atom. The van der Waals surface area contributed by atoms with Crippen LogP contribution >= 0.6 is 11.3 Å². The number of carbonyl (C=O) groups excluding carboxylic acids is 1. The van der Waals surface area contributed by atoms with Crippen molar-refractivity contribution < 1.29 is 14.7 Å². The highest BCUT2D eigenvalue weighted by atomic mass is 32.1. The van der Waals surface area contributed by atoms with Crippen molar-refractivity contribution in [3.8, 4) is 0 Å². The molecule has 1 amide bonds. The fraction of sp³-hybridized carbons (Fsp3) is 0.353. The van der Waals surface area contributed by atoms with Crippen LogP contribution in [0.4, 0.5) is 5.69 Å². The summed E-state index contributed by atoms with van der Waals surface area (Å²) < 4.78 is 0. The van der Waals surface area contributed by atoms with Crippen molar-refractivity contribution >= 4 is 28.9 Å². The fourth-order valence-corrected chi connectivity index (χ4v) is 3.98. The molecule has 2 heterocycles. The Balaban J connectivity index is 1.88. The van der Waals surface area contributed by atoms with E-state index in [9.17, 15) is 14.7 Å². The summed E-state index contributed by atoms with van der Waals surface area (Å²) in [6.07, 6.45) is 0.752. The van der Waals surface area contributed by atoms with Gasteiger partial charge < -0.3 is 10.0 Å². The summed E-state index contributed by atoms with van der Waals surface area (Å²) in [6, 6.07) is 7.29. The number of fused-ring (bicyclic) bond motifs is 1. The van der Waals surface area contributed by atoms with Gasteiger partial charge in [-0.3, -0.25) is 9.59 Å². The molecule has 1 N–H and O–H groups in total. The SMILES string of the molecule is Cc1nc(C)c(CC(=O)N2CCC(C(=O)O)c3ccccc32)s1. The van der Waals surface area contributed by atoms with E-state index in [4.69, 9.17) is 0 Å². The van der Waals surface area contributed by atoms with Crippen LogP contribution in [-0.2, 0) is 16.0 Å². The number of anilines is 1. The molecule has 2 aromatic rings. The number of aliphatic carboxylic acids is 1. The second-order valence-corrected chi connectivity index (χ2v) is 6.99. The predicted molar refractivity (Wildman–Crippen MR) is 89.1 cm³/mol. The molecule has 23 heavy (non-hydrogen) atoms. The predicted octanol–water partition coefficient (Wildman–Crippen LogP) is 2.91. The van der Waals surface area contributed by atoms with Crippen molar-refractivity contribution in [1.82, 2.24) is 4.98 Å². The van der Waals surface area contributed by atoms with Gasteiger partial charge in [0.15, 0.2) is 0 Å². The maximum atomic E-state index is 12.7. The van der Waals surface area contributed by atoms with Crippen LogP contribution in [0, 0.1) is 13.8 Å². The number of hydrogen-bond acceptors (Lipinski definition) is 4. The van der Waals surface area contributed by atoms with Gasteiger partial charge in [-0.15, -0.1) is 11.3 Å². The van der Waals surface area contributed by atoms with Crippen LogP contribution in [0.25, 0.3) is 0 Å². The van der Waals surface area contributed by atoms with Crippen molar-refractivity contribution in [3.63, 3.8) is 0 Å². The first-order valence-electron chi connectivity index (χ1n) is 7.52. The number of rotatable bonds is 3. The first kappa shape index (κ1) is 15.7. The first-order valence-corrected chi connectivity index (χ1v) is 8.34. The number of carbonyl (C=O) groups is 2. The lowest BCUT2D eigenvalue weighted by atomic mass is 9.90. The van der Waals surface area contributed by atoms with Crippen molar-refractivity contribution in [2.24, 2.45) is 0 Å². The number of thiazole rings is 1. The third-order valence-corrected chi connectivity index (χ3v) is 5.23. The molecular formula is C17H18N2O3S. The third kappa shape index (κ3) is 2.99. The number of benzene rings is 1. The monoisotopic (exact) mass is 330 g/mol. The largest absolute Gasteiger partial charge is 0.481 e. The fourth-order valence-electron chi connectivity index (χ4n) is 3.05. The standard InChI is InChI=1S/C17H18N2O3S/c1-10-15(23-11(2)18-10)9-16(20)19-8-7-13(17(21)22)12-5-3-4-6-14(12)19/h3-6,13H,7-9H2,1-2H3,(H,21,22). The summed E-state index contributed by atoms with van der Waals surface area (Å²) in [4.78, 5) is 31.2. The van der Waals surface area contributed by atoms with Crippen LogP contribution in [0.2, 0.25) is 0 Å². The zero-order valence-electron chi connectivity index (χ0n) is 13.1. The van der Waals surface area contributed by atoms with Crippen molar-refractivity contribution in [2.75, 3.05) is 11.4 Å². The van der Waals surface area contributed by atoms with Crippen LogP contribution < -0.4 is 4.90 Å². The Morgan fingerprint density at radius 2 is 2.09 bits per heavy atom. The van der Waals surface area contributed by atoms with Gasteiger partial charge in [0, 0.05) is 17.1 Å². The average molecular weight is 330 g/mol. The lowest BCUT2D eigenvalue weighted by Crippen LogP contribution is -2.39. The number of aromatic nitrogens is 1. The van der Waals surface area contributed by atoms with Crippen LogP contribution in [0.15, 0.2) is 24.3 Å². The van der Waals surface area contributed by atoms with Gasteiger partial charge >= 0.3 is 5.97 Å². The van der Waals surface area contributed by atoms with Gasteiger partial charge in [-0.05, 0) is 31.9 Å². The van der Waals surface area contributed by atoms with Gasteiger partial charge in [-0.2, -0.15) is 0 Å².